The van der Waals surface area contributed by atoms with Crippen molar-refractivity contribution in [1.29, 1.82) is 0 Å². The summed E-state index contributed by atoms with van der Waals surface area (Å²) in [5, 5.41) is 12.5. The van der Waals surface area contributed by atoms with Gasteiger partial charge in [0, 0.05) is 24.2 Å². The van der Waals surface area contributed by atoms with Gasteiger partial charge in [-0.25, -0.2) is 8.78 Å². The van der Waals surface area contributed by atoms with E-state index in [1.54, 1.807) is 13.1 Å². The number of aliphatic hydroxyl groups excluding tert-OH is 1. The van der Waals surface area contributed by atoms with Crippen LogP contribution in [-0.2, 0) is 0 Å². The molecule has 1 heterocycles. The maximum atomic E-state index is 13.9. The van der Waals surface area contributed by atoms with Gasteiger partial charge in [-0.3, -0.25) is 4.90 Å². The Hall–Kier alpha value is -1.04. The zero-order valence-corrected chi connectivity index (χ0v) is 12.5. The average Bonchev–Trinajstić information content (AvgIpc) is 2.52. The monoisotopic (exact) mass is 298 g/mol. The largest absolute Gasteiger partial charge is 0.395 e. The minimum Gasteiger partial charge on any atom is -0.395 e. The normalized spacial score (nSPS) is 21.4. The highest BCUT2D eigenvalue weighted by Crippen LogP contribution is 2.24. The van der Waals surface area contributed by atoms with E-state index in [0.29, 0.717) is 12.0 Å². The first kappa shape index (κ1) is 16.3. The van der Waals surface area contributed by atoms with Crippen LogP contribution in [0.3, 0.4) is 0 Å². The van der Waals surface area contributed by atoms with Crippen LogP contribution in [0.5, 0.6) is 0 Å². The van der Waals surface area contributed by atoms with Crippen molar-refractivity contribution in [2.45, 2.75) is 37.8 Å². The predicted molar refractivity (Wildman–Crippen MR) is 79.1 cm³/mol. The SMILES string of the molecule is CNC(CCN1CCCCC1CO)c1cccc(F)c1F. The fraction of sp³-hybridized carbons (Fsp3) is 0.625. The Labute approximate surface area is 125 Å². The fourth-order valence-corrected chi connectivity index (χ4v) is 3.10. The quantitative estimate of drug-likeness (QED) is 0.847. The number of likely N-dealkylation sites (tertiary alicyclic amines) is 1. The van der Waals surface area contributed by atoms with E-state index in [1.807, 2.05) is 0 Å². The summed E-state index contributed by atoms with van der Waals surface area (Å²) in [4.78, 5) is 2.26. The second-order valence-electron chi connectivity index (χ2n) is 5.64. The number of halogens is 2. The minimum atomic E-state index is -0.807. The summed E-state index contributed by atoms with van der Waals surface area (Å²) < 4.78 is 27.2. The van der Waals surface area contributed by atoms with Crippen LogP contribution in [0.25, 0.3) is 0 Å². The molecule has 2 unspecified atom stereocenters. The van der Waals surface area contributed by atoms with Crippen LogP contribution in [-0.4, -0.2) is 42.8 Å². The zero-order chi connectivity index (χ0) is 15.2. The van der Waals surface area contributed by atoms with Crippen molar-refractivity contribution in [3.8, 4) is 0 Å². The molecule has 1 aromatic rings. The molecule has 2 rings (SSSR count). The van der Waals surface area contributed by atoms with Crippen LogP contribution in [0.4, 0.5) is 8.78 Å². The number of nitrogens with zero attached hydrogens (tertiary/aromatic N) is 1. The van der Waals surface area contributed by atoms with Crippen LogP contribution in [0.2, 0.25) is 0 Å². The van der Waals surface area contributed by atoms with E-state index in [4.69, 9.17) is 0 Å². The molecule has 1 aromatic carbocycles. The molecule has 0 amide bonds. The Bertz CT molecular complexity index is 456. The van der Waals surface area contributed by atoms with Gasteiger partial charge in [0.25, 0.3) is 0 Å². The van der Waals surface area contributed by atoms with E-state index < -0.39 is 11.6 Å². The lowest BCUT2D eigenvalue weighted by Gasteiger charge is -2.35. The van der Waals surface area contributed by atoms with Gasteiger partial charge in [0.1, 0.15) is 0 Å². The van der Waals surface area contributed by atoms with Gasteiger partial charge in [0.15, 0.2) is 11.6 Å². The average molecular weight is 298 g/mol. The van der Waals surface area contributed by atoms with Gasteiger partial charge in [-0.05, 0) is 38.9 Å². The summed E-state index contributed by atoms with van der Waals surface area (Å²) >= 11 is 0. The van der Waals surface area contributed by atoms with E-state index in [1.165, 1.54) is 6.07 Å². The van der Waals surface area contributed by atoms with Gasteiger partial charge in [0.05, 0.1) is 6.61 Å². The molecule has 0 aromatic heterocycles. The fourth-order valence-electron chi connectivity index (χ4n) is 3.10. The van der Waals surface area contributed by atoms with E-state index in [9.17, 15) is 13.9 Å². The molecular weight excluding hydrogens is 274 g/mol. The Morgan fingerprint density at radius 1 is 1.38 bits per heavy atom. The number of nitrogens with one attached hydrogen (secondary N) is 1. The van der Waals surface area contributed by atoms with E-state index in [2.05, 4.69) is 10.2 Å². The molecule has 1 aliphatic rings. The van der Waals surface area contributed by atoms with Crippen molar-refractivity contribution in [3.63, 3.8) is 0 Å². The number of aliphatic hydroxyl groups is 1. The summed E-state index contributed by atoms with van der Waals surface area (Å²) in [6.45, 7) is 1.90. The van der Waals surface area contributed by atoms with Crippen molar-refractivity contribution >= 4 is 0 Å². The highest BCUT2D eigenvalue weighted by Gasteiger charge is 2.23. The number of piperidine rings is 1. The lowest BCUT2D eigenvalue weighted by molar-refractivity contribution is 0.0865. The molecule has 21 heavy (non-hydrogen) atoms. The van der Waals surface area contributed by atoms with Crippen LogP contribution in [0.15, 0.2) is 18.2 Å². The molecular formula is C16H24F2N2O. The highest BCUT2D eigenvalue weighted by molar-refractivity contribution is 5.22. The van der Waals surface area contributed by atoms with Crippen molar-refractivity contribution in [2.24, 2.45) is 0 Å². The molecule has 0 bridgehead atoms. The summed E-state index contributed by atoms with van der Waals surface area (Å²) in [7, 11) is 1.76. The molecule has 2 atom stereocenters. The molecule has 1 saturated heterocycles. The van der Waals surface area contributed by atoms with Gasteiger partial charge < -0.3 is 10.4 Å². The van der Waals surface area contributed by atoms with Crippen molar-refractivity contribution in [3.05, 3.63) is 35.4 Å². The van der Waals surface area contributed by atoms with Crippen LogP contribution in [0, 0.1) is 11.6 Å². The molecule has 0 radical (unpaired) electrons. The highest BCUT2D eigenvalue weighted by atomic mass is 19.2. The van der Waals surface area contributed by atoms with E-state index in [0.717, 1.165) is 38.4 Å². The van der Waals surface area contributed by atoms with Crippen molar-refractivity contribution < 1.29 is 13.9 Å². The topological polar surface area (TPSA) is 35.5 Å². The van der Waals surface area contributed by atoms with Crippen molar-refractivity contribution in [1.82, 2.24) is 10.2 Å². The lowest BCUT2D eigenvalue weighted by Crippen LogP contribution is -2.43. The second kappa shape index (κ2) is 7.82. The van der Waals surface area contributed by atoms with E-state index >= 15 is 0 Å². The standard InChI is InChI=1S/C16H24F2N2O/c1-19-15(13-6-4-7-14(17)16(13)18)8-10-20-9-3-2-5-12(20)11-21/h4,6-7,12,15,19,21H,2-3,5,8-11H2,1H3. The Balaban J connectivity index is 2.00. The first-order chi connectivity index (χ1) is 10.2. The Morgan fingerprint density at radius 3 is 2.90 bits per heavy atom. The maximum absolute atomic E-state index is 13.9. The third-order valence-electron chi connectivity index (χ3n) is 4.37. The number of hydrogen-bond acceptors (Lipinski definition) is 3. The summed E-state index contributed by atoms with van der Waals surface area (Å²) in [5.41, 5.74) is 0.370. The van der Waals surface area contributed by atoms with E-state index in [-0.39, 0.29) is 18.7 Å². The molecule has 5 heteroatoms. The third-order valence-corrected chi connectivity index (χ3v) is 4.37. The minimum absolute atomic E-state index is 0.165. The van der Waals surface area contributed by atoms with Gasteiger partial charge in [0.2, 0.25) is 0 Å². The lowest BCUT2D eigenvalue weighted by atomic mass is 9.99. The van der Waals surface area contributed by atoms with Crippen LogP contribution < -0.4 is 5.32 Å². The van der Waals surface area contributed by atoms with Gasteiger partial charge in [-0.15, -0.1) is 0 Å². The first-order valence-electron chi connectivity index (χ1n) is 7.63. The molecule has 3 nitrogen and oxygen atoms in total. The van der Waals surface area contributed by atoms with Gasteiger partial charge in [-0.2, -0.15) is 0 Å². The molecule has 0 spiro atoms. The first-order valence-corrected chi connectivity index (χ1v) is 7.63. The predicted octanol–water partition coefficient (Wildman–Crippen LogP) is 2.46. The molecule has 118 valence electrons. The molecule has 1 fully saturated rings. The molecule has 0 saturated carbocycles. The number of rotatable bonds is 6. The summed E-state index contributed by atoms with van der Waals surface area (Å²) in [5.74, 6) is -1.58. The number of benzene rings is 1. The summed E-state index contributed by atoms with van der Waals surface area (Å²) in [6, 6.07) is 4.28. The van der Waals surface area contributed by atoms with Crippen molar-refractivity contribution in [2.75, 3.05) is 26.7 Å². The van der Waals surface area contributed by atoms with Crippen LogP contribution in [0.1, 0.15) is 37.3 Å². The summed E-state index contributed by atoms with van der Waals surface area (Å²) in [6.07, 6.45) is 3.98. The Kier molecular flexibility index (Phi) is 6.08. The zero-order valence-electron chi connectivity index (χ0n) is 12.5. The smallest absolute Gasteiger partial charge is 0.163 e. The maximum Gasteiger partial charge on any atom is 0.163 e. The molecule has 2 N–H and O–H groups in total. The second-order valence-corrected chi connectivity index (χ2v) is 5.64. The molecule has 1 aliphatic heterocycles. The molecule has 0 aliphatic carbocycles. The van der Waals surface area contributed by atoms with Crippen LogP contribution >= 0.6 is 0 Å². The Morgan fingerprint density at radius 2 is 2.19 bits per heavy atom. The number of hydrogen-bond donors (Lipinski definition) is 2. The van der Waals surface area contributed by atoms with Gasteiger partial charge in [-0.1, -0.05) is 18.6 Å². The van der Waals surface area contributed by atoms with Gasteiger partial charge >= 0.3 is 0 Å². The third kappa shape index (κ3) is 3.99.